The van der Waals surface area contributed by atoms with E-state index in [1.165, 1.54) is 0 Å². The van der Waals surface area contributed by atoms with Gasteiger partial charge < -0.3 is 18.8 Å². The van der Waals surface area contributed by atoms with Crippen LogP contribution in [0.2, 0.25) is 0 Å². The SMILES string of the molecule is O=C1OC2(CCC(C(=O)OCCC(F)C(F)(F)S(=O)(=O)[O-])CC2)Oc2ccc(I)cc21. The summed E-state index contributed by atoms with van der Waals surface area (Å²) < 4.78 is 87.7. The van der Waals surface area contributed by atoms with Crippen LogP contribution in [0.3, 0.4) is 0 Å². The lowest BCUT2D eigenvalue weighted by Gasteiger charge is -2.41. The molecule has 0 bridgehead atoms. The second-order valence-corrected chi connectivity index (χ2v) is 9.95. The van der Waals surface area contributed by atoms with Gasteiger partial charge in [-0.3, -0.25) is 4.79 Å². The molecule has 0 aromatic heterocycles. The Kier molecular flexibility index (Phi) is 6.77. The Morgan fingerprint density at radius 1 is 1.32 bits per heavy atom. The molecule has 2 aliphatic rings. The molecule has 3 rings (SSSR count). The van der Waals surface area contributed by atoms with Crippen LogP contribution >= 0.6 is 22.6 Å². The van der Waals surface area contributed by atoms with Crippen LogP contribution in [-0.2, 0) is 24.4 Å². The summed E-state index contributed by atoms with van der Waals surface area (Å²) in [5, 5.41) is -5.10. The zero-order chi connectivity index (χ0) is 23.0. The van der Waals surface area contributed by atoms with Crippen molar-refractivity contribution in [2.45, 2.75) is 49.3 Å². The second kappa shape index (κ2) is 8.73. The Labute approximate surface area is 189 Å². The standard InChI is InChI=1S/C18H18F3IO8S/c19-14(18(20,21)31(25,26)27)5-8-28-15(23)10-3-6-17(7-4-10)29-13-2-1-11(22)9-12(13)16(24)30-17/h1-2,9-10,14H,3-8H2,(H,25,26,27)/p-1. The van der Waals surface area contributed by atoms with Gasteiger partial charge >= 0.3 is 17.2 Å². The summed E-state index contributed by atoms with van der Waals surface area (Å²) in [4.78, 5) is 24.5. The molecule has 0 radical (unpaired) electrons. The number of esters is 2. The van der Waals surface area contributed by atoms with E-state index < -0.39 is 58.2 Å². The molecule has 172 valence electrons. The van der Waals surface area contributed by atoms with Gasteiger partial charge in [0.2, 0.25) is 0 Å². The monoisotopic (exact) mass is 577 g/mol. The highest BCUT2D eigenvalue weighted by Crippen LogP contribution is 2.42. The van der Waals surface area contributed by atoms with Crippen molar-refractivity contribution < 1.29 is 49.9 Å². The smallest absolute Gasteiger partial charge is 0.364 e. The molecule has 1 atom stereocenters. The van der Waals surface area contributed by atoms with Crippen LogP contribution in [0, 0.1) is 9.49 Å². The van der Waals surface area contributed by atoms with Crippen LogP contribution in [0.25, 0.3) is 0 Å². The molecule has 8 nitrogen and oxygen atoms in total. The third-order valence-electron chi connectivity index (χ3n) is 5.13. The molecule has 0 N–H and O–H groups in total. The van der Waals surface area contributed by atoms with Crippen molar-refractivity contribution in [1.82, 2.24) is 0 Å². The minimum Gasteiger partial charge on any atom is -0.743 e. The maximum Gasteiger partial charge on any atom is 0.364 e. The number of fused-ring (bicyclic) bond motifs is 1. The number of alkyl halides is 3. The van der Waals surface area contributed by atoms with Crippen LogP contribution in [-0.4, -0.2) is 48.7 Å². The molecular formula is C18H17F3IO8S-. The number of carbonyl (C=O) groups excluding carboxylic acids is 2. The van der Waals surface area contributed by atoms with Crippen molar-refractivity contribution in [2.24, 2.45) is 5.92 Å². The molecule has 0 saturated heterocycles. The normalized spacial score (nSPS) is 24.7. The molecule has 1 aromatic carbocycles. The third-order valence-corrected chi connectivity index (χ3v) is 6.72. The summed E-state index contributed by atoms with van der Waals surface area (Å²) in [5.41, 5.74) is 0.303. The first-order valence-electron chi connectivity index (χ1n) is 9.20. The van der Waals surface area contributed by atoms with Crippen LogP contribution in [0.5, 0.6) is 5.75 Å². The minimum absolute atomic E-state index is 0.183. The second-order valence-electron chi connectivity index (χ2n) is 7.26. The highest BCUT2D eigenvalue weighted by molar-refractivity contribution is 14.1. The van der Waals surface area contributed by atoms with Gasteiger partial charge in [0.25, 0.3) is 5.79 Å². The maximum atomic E-state index is 13.4. The summed E-state index contributed by atoms with van der Waals surface area (Å²) in [5.74, 6) is -2.83. The topological polar surface area (TPSA) is 119 Å². The first-order valence-corrected chi connectivity index (χ1v) is 11.7. The molecule has 31 heavy (non-hydrogen) atoms. The first-order chi connectivity index (χ1) is 14.3. The molecular weight excluding hydrogens is 560 g/mol. The van der Waals surface area contributed by atoms with E-state index in [2.05, 4.69) is 0 Å². The van der Waals surface area contributed by atoms with Crippen LogP contribution < -0.4 is 4.74 Å². The molecule has 1 heterocycles. The van der Waals surface area contributed by atoms with E-state index in [1.54, 1.807) is 18.2 Å². The maximum absolute atomic E-state index is 13.4. The summed E-state index contributed by atoms with van der Waals surface area (Å²) in [6.07, 6.45) is -3.67. The van der Waals surface area contributed by atoms with Gasteiger partial charge in [-0.25, -0.2) is 17.6 Å². The van der Waals surface area contributed by atoms with Gasteiger partial charge in [0, 0.05) is 22.8 Å². The van der Waals surface area contributed by atoms with Gasteiger partial charge in [-0.2, -0.15) is 8.78 Å². The van der Waals surface area contributed by atoms with Crippen LogP contribution in [0.1, 0.15) is 42.5 Å². The fraction of sp³-hybridized carbons (Fsp3) is 0.556. The Hall–Kier alpha value is -1.61. The van der Waals surface area contributed by atoms with Gasteiger partial charge in [-0.1, -0.05) is 0 Å². The van der Waals surface area contributed by atoms with Crippen molar-refractivity contribution in [3.8, 4) is 5.75 Å². The lowest BCUT2D eigenvalue weighted by atomic mass is 9.84. The van der Waals surface area contributed by atoms with Gasteiger partial charge in [-0.05, 0) is 53.6 Å². The van der Waals surface area contributed by atoms with Crippen molar-refractivity contribution >= 4 is 44.6 Å². The van der Waals surface area contributed by atoms with Gasteiger partial charge in [-0.15, -0.1) is 0 Å². The summed E-state index contributed by atoms with van der Waals surface area (Å²) in [6.45, 7) is -0.815. The molecule has 1 fully saturated rings. The number of rotatable bonds is 6. The Balaban J connectivity index is 1.51. The number of halogens is 4. The predicted octanol–water partition coefficient (Wildman–Crippen LogP) is 3.14. The molecule has 1 spiro atoms. The Morgan fingerprint density at radius 3 is 2.58 bits per heavy atom. The molecule has 1 aliphatic heterocycles. The molecule has 1 aromatic rings. The zero-order valence-corrected chi connectivity index (χ0v) is 18.8. The zero-order valence-electron chi connectivity index (χ0n) is 15.8. The fourth-order valence-corrected chi connectivity index (χ4v) is 4.32. The number of carbonyl (C=O) groups is 2. The number of hydrogen-bond acceptors (Lipinski definition) is 8. The highest BCUT2D eigenvalue weighted by Gasteiger charge is 2.48. The third kappa shape index (κ3) is 5.08. The van der Waals surface area contributed by atoms with E-state index in [-0.39, 0.29) is 25.7 Å². The van der Waals surface area contributed by atoms with Crippen molar-refractivity contribution in [2.75, 3.05) is 6.61 Å². The van der Waals surface area contributed by atoms with Gasteiger partial charge in [0.05, 0.1) is 12.5 Å². The lowest BCUT2D eigenvalue weighted by molar-refractivity contribution is -0.183. The van der Waals surface area contributed by atoms with Gasteiger partial charge in [0.1, 0.15) is 11.3 Å². The lowest BCUT2D eigenvalue weighted by Crippen LogP contribution is -2.48. The average Bonchev–Trinajstić information content (AvgIpc) is 2.68. The summed E-state index contributed by atoms with van der Waals surface area (Å²) in [7, 11) is -6.17. The first kappa shape index (κ1) is 24.0. The average molecular weight is 577 g/mol. The van der Waals surface area contributed by atoms with E-state index in [9.17, 15) is 35.7 Å². The van der Waals surface area contributed by atoms with E-state index in [0.717, 1.165) is 3.57 Å². The fourth-order valence-electron chi connectivity index (χ4n) is 3.40. The Morgan fingerprint density at radius 2 is 1.97 bits per heavy atom. The molecule has 1 unspecified atom stereocenters. The van der Waals surface area contributed by atoms with E-state index >= 15 is 0 Å². The van der Waals surface area contributed by atoms with Crippen molar-refractivity contribution in [3.05, 3.63) is 27.3 Å². The van der Waals surface area contributed by atoms with Crippen molar-refractivity contribution in [1.29, 1.82) is 0 Å². The molecule has 0 amide bonds. The van der Waals surface area contributed by atoms with E-state index in [4.69, 9.17) is 14.2 Å². The predicted molar refractivity (Wildman–Crippen MR) is 105 cm³/mol. The molecule has 1 saturated carbocycles. The van der Waals surface area contributed by atoms with Crippen LogP contribution in [0.15, 0.2) is 18.2 Å². The largest absolute Gasteiger partial charge is 0.743 e. The molecule has 1 aliphatic carbocycles. The highest BCUT2D eigenvalue weighted by atomic mass is 127. The number of ether oxygens (including phenoxy) is 3. The minimum atomic E-state index is -6.17. The number of benzene rings is 1. The van der Waals surface area contributed by atoms with Crippen molar-refractivity contribution in [3.63, 3.8) is 0 Å². The Bertz CT molecular complexity index is 976. The van der Waals surface area contributed by atoms with E-state index in [0.29, 0.717) is 11.3 Å². The quantitative estimate of drug-likeness (QED) is 0.288. The summed E-state index contributed by atoms with van der Waals surface area (Å²) in [6, 6.07) is 5.06. The number of hydrogen-bond donors (Lipinski definition) is 0. The molecule has 13 heteroatoms. The summed E-state index contributed by atoms with van der Waals surface area (Å²) >= 11 is 2.05. The van der Waals surface area contributed by atoms with Gasteiger partial charge in [0.15, 0.2) is 16.3 Å². The van der Waals surface area contributed by atoms with Crippen LogP contribution in [0.4, 0.5) is 13.2 Å². The van der Waals surface area contributed by atoms with E-state index in [1.807, 2.05) is 22.6 Å².